The molecule has 1 aliphatic heterocycles. The van der Waals surface area contributed by atoms with Crippen LogP contribution in [0.4, 0.5) is 0 Å². The molecule has 1 atom stereocenters. The van der Waals surface area contributed by atoms with Gasteiger partial charge in [-0.3, -0.25) is 19.1 Å². The maximum Gasteiger partial charge on any atom is 0.252 e. The molecule has 0 bridgehead atoms. The van der Waals surface area contributed by atoms with Gasteiger partial charge in [-0.2, -0.15) is 0 Å². The lowest BCUT2D eigenvalue weighted by Crippen LogP contribution is -2.43. The number of imidazole rings is 1. The largest absolute Gasteiger partial charge is 0.299 e. The maximum atomic E-state index is 12.4. The van der Waals surface area contributed by atoms with Crippen LogP contribution in [0.15, 0.2) is 12.3 Å². The maximum absolute atomic E-state index is 12.4. The van der Waals surface area contributed by atoms with E-state index in [1.54, 1.807) is 10.8 Å². The molecule has 0 aromatic carbocycles. The number of pyridine rings is 1. The van der Waals surface area contributed by atoms with Crippen LogP contribution in [0.5, 0.6) is 0 Å². The topological polar surface area (TPSA) is 68.1 Å². The fraction of sp³-hybridized carbons (Fsp3) is 0.429. The van der Waals surface area contributed by atoms with E-state index in [9.17, 15) is 9.59 Å². The van der Waals surface area contributed by atoms with E-state index in [-0.39, 0.29) is 17.7 Å². The van der Waals surface area contributed by atoms with Crippen LogP contribution in [0.3, 0.4) is 0 Å². The molecular weight excluding hydrogens is 292 g/mol. The van der Waals surface area contributed by atoms with Crippen LogP contribution in [0.1, 0.15) is 30.3 Å². The predicted octanol–water partition coefficient (Wildman–Crippen LogP) is 1.80. The van der Waals surface area contributed by atoms with E-state index in [2.05, 4.69) is 9.97 Å². The molecule has 110 valence electrons. The van der Waals surface area contributed by atoms with Crippen molar-refractivity contribution in [2.45, 2.75) is 31.7 Å². The summed E-state index contributed by atoms with van der Waals surface area (Å²) in [7, 11) is 1.51. The third-order valence-corrected chi connectivity index (χ3v) is 4.15. The Morgan fingerprint density at radius 2 is 2.19 bits per heavy atom. The van der Waals surface area contributed by atoms with Crippen LogP contribution >= 0.6 is 11.6 Å². The van der Waals surface area contributed by atoms with Crippen molar-refractivity contribution in [2.24, 2.45) is 0 Å². The average molecular weight is 307 g/mol. The van der Waals surface area contributed by atoms with Gasteiger partial charge in [-0.15, -0.1) is 11.6 Å². The highest BCUT2D eigenvalue weighted by molar-refractivity contribution is 6.17. The molecule has 0 N–H and O–H groups in total. The first-order chi connectivity index (χ1) is 10.0. The minimum atomic E-state index is -0.472. The number of imide groups is 1. The highest BCUT2D eigenvalue weighted by atomic mass is 35.5. The second-order valence-corrected chi connectivity index (χ2v) is 5.44. The van der Waals surface area contributed by atoms with E-state index >= 15 is 0 Å². The molecule has 1 unspecified atom stereocenters. The molecule has 1 fully saturated rings. The first kappa shape index (κ1) is 14.0. The van der Waals surface area contributed by atoms with Gasteiger partial charge in [-0.25, -0.2) is 9.97 Å². The summed E-state index contributed by atoms with van der Waals surface area (Å²) in [6, 6.07) is 1.40. The van der Waals surface area contributed by atoms with Gasteiger partial charge in [0, 0.05) is 19.7 Å². The quantitative estimate of drug-likeness (QED) is 0.627. The van der Waals surface area contributed by atoms with Gasteiger partial charge in [-0.05, 0) is 25.0 Å². The highest BCUT2D eigenvalue weighted by Gasteiger charge is 2.35. The molecule has 0 spiro atoms. The van der Waals surface area contributed by atoms with Crippen molar-refractivity contribution in [3.05, 3.63) is 23.7 Å². The summed E-state index contributed by atoms with van der Waals surface area (Å²) in [4.78, 5) is 34.1. The second-order valence-electron chi connectivity index (χ2n) is 5.18. The Labute approximate surface area is 126 Å². The normalized spacial score (nSPS) is 19.6. The van der Waals surface area contributed by atoms with Crippen molar-refractivity contribution >= 4 is 34.6 Å². The summed E-state index contributed by atoms with van der Waals surface area (Å²) in [5.74, 6) is 0.407. The van der Waals surface area contributed by atoms with Gasteiger partial charge in [0.25, 0.3) is 5.91 Å². The van der Waals surface area contributed by atoms with Crippen molar-refractivity contribution in [1.82, 2.24) is 19.4 Å². The van der Waals surface area contributed by atoms with E-state index < -0.39 is 6.04 Å². The van der Waals surface area contributed by atoms with Gasteiger partial charge in [0.15, 0.2) is 5.65 Å². The molecule has 1 saturated heterocycles. The van der Waals surface area contributed by atoms with E-state index in [1.165, 1.54) is 11.9 Å². The van der Waals surface area contributed by atoms with Gasteiger partial charge >= 0.3 is 0 Å². The second kappa shape index (κ2) is 5.11. The van der Waals surface area contributed by atoms with Crippen LogP contribution in [0, 0.1) is 6.92 Å². The summed E-state index contributed by atoms with van der Waals surface area (Å²) in [6.07, 6.45) is 2.48. The molecule has 0 saturated carbocycles. The molecule has 6 nitrogen and oxygen atoms in total. The number of alkyl halides is 1. The number of aromatic nitrogens is 3. The Kier molecular flexibility index (Phi) is 3.41. The Hall–Kier alpha value is -1.95. The molecule has 2 amide bonds. The van der Waals surface area contributed by atoms with Crippen LogP contribution < -0.4 is 0 Å². The number of hydrogen-bond donors (Lipinski definition) is 0. The van der Waals surface area contributed by atoms with Gasteiger partial charge < -0.3 is 0 Å². The Bertz CT molecular complexity index is 740. The van der Waals surface area contributed by atoms with Crippen LogP contribution in [0.25, 0.3) is 11.2 Å². The predicted molar refractivity (Wildman–Crippen MR) is 77.9 cm³/mol. The number of rotatable bonds is 2. The van der Waals surface area contributed by atoms with E-state index in [1.807, 2.05) is 13.0 Å². The zero-order chi connectivity index (χ0) is 15.1. The van der Waals surface area contributed by atoms with Gasteiger partial charge in [-0.1, -0.05) is 0 Å². The molecule has 7 heteroatoms. The molecule has 3 heterocycles. The minimum absolute atomic E-state index is 0.155. The van der Waals surface area contributed by atoms with E-state index in [0.717, 1.165) is 11.1 Å². The summed E-state index contributed by atoms with van der Waals surface area (Å²) < 4.78 is 1.78. The Morgan fingerprint density at radius 3 is 2.90 bits per heavy atom. The lowest BCUT2D eigenvalue weighted by molar-refractivity contribution is -0.149. The number of hydrogen-bond acceptors (Lipinski definition) is 4. The minimum Gasteiger partial charge on any atom is -0.299 e. The van der Waals surface area contributed by atoms with Gasteiger partial charge in [0.1, 0.15) is 17.4 Å². The zero-order valence-electron chi connectivity index (χ0n) is 11.8. The number of likely N-dealkylation sites (N-methyl/N-ethyl adjacent to an activating group) is 1. The lowest BCUT2D eigenvalue weighted by Gasteiger charge is -2.29. The first-order valence-electron chi connectivity index (χ1n) is 6.73. The van der Waals surface area contributed by atoms with Crippen molar-refractivity contribution in [3.63, 3.8) is 0 Å². The third kappa shape index (κ3) is 2.10. The summed E-state index contributed by atoms with van der Waals surface area (Å²) in [5.41, 5.74) is 2.38. The van der Waals surface area contributed by atoms with Crippen molar-refractivity contribution in [3.8, 4) is 0 Å². The summed E-state index contributed by atoms with van der Waals surface area (Å²) >= 11 is 5.98. The molecule has 0 radical (unpaired) electrons. The van der Waals surface area contributed by atoms with Crippen LogP contribution in [-0.4, -0.2) is 38.3 Å². The summed E-state index contributed by atoms with van der Waals surface area (Å²) in [6.45, 7) is 1.94. The van der Waals surface area contributed by atoms with Crippen LogP contribution in [0.2, 0.25) is 0 Å². The van der Waals surface area contributed by atoms with Crippen molar-refractivity contribution in [1.29, 1.82) is 0 Å². The Balaban J connectivity index is 2.18. The number of nitrogens with zero attached hydrogens (tertiary/aromatic N) is 4. The van der Waals surface area contributed by atoms with Crippen LogP contribution in [-0.2, 0) is 15.5 Å². The van der Waals surface area contributed by atoms with Crippen molar-refractivity contribution in [2.75, 3.05) is 7.05 Å². The molecule has 3 rings (SSSR count). The first-order valence-corrected chi connectivity index (χ1v) is 7.26. The number of likely N-dealkylation sites (tertiary alicyclic amines) is 1. The average Bonchev–Trinajstić information content (AvgIpc) is 2.85. The number of fused-ring (bicyclic) bond motifs is 1. The van der Waals surface area contributed by atoms with Crippen molar-refractivity contribution < 1.29 is 9.59 Å². The van der Waals surface area contributed by atoms with Gasteiger partial charge in [0.2, 0.25) is 5.91 Å². The molecule has 2 aromatic rings. The number of carbonyl (C=O) groups is 2. The fourth-order valence-corrected chi connectivity index (χ4v) is 2.90. The standard InChI is InChI=1S/C14H15ClN4O2/c1-8-5-6-16-13-12(8)17-10(7-15)19(13)9-3-4-11(20)18(2)14(9)21/h5-6,9H,3-4,7H2,1-2H3. The molecule has 2 aromatic heterocycles. The van der Waals surface area contributed by atoms with E-state index in [4.69, 9.17) is 11.6 Å². The molecule has 21 heavy (non-hydrogen) atoms. The summed E-state index contributed by atoms with van der Waals surface area (Å²) in [5, 5.41) is 0. The molecule has 1 aliphatic rings. The number of amides is 2. The number of carbonyl (C=O) groups excluding carboxylic acids is 2. The number of halogens is 1. The zero-order valence-corrected chi connectivity index (χ0v) is 12.6. The lowest BCUT2D eigenvalue weighted by atomic mass is 10.0. The number of piperidine rings is 1. The number of aryl methyl sites for hydroxylation is 1. The fourth-order valence-electron chi connectivity index (χ4n) is 2.71. The van der Waals surface area contributed by atoms with Gasteiger partial charge in [0.05, 0.1) is 5.88 Å². The Morgan fingerprint density at radius 1 is 1.43 bits per heavy atom. The SMILES string of the molecule is Cc1ccnc2c1nc(CCl)n2C1CCC(=O)N(C)C1=O. The molecule has 0 aliphatic carbocycles. The third-order valence-electron chi connectivity index (χ3n) is 3.91. The smallest absolute Gasteiger partial charge is 0.252 e. The van der Waals surface area contributed by atoms with E-state index in [0.29, 0.717) is 24.3 Å². The molecular formula is C14H15ClN4O2. The monoisotopic (exact) mass is 306 g/mol. The highest BCUT2D eigenvalue weighted by Crippen LogP contribution is 2.29.